The summed E-state index contributed by atoms with van der Waals surface area (Å²) in [5.74, 6) is 0.707. The number of benzene rings is 1. The van der Waals surface area contributed by atoms with Gasteiger partial charge < -0.3 is 9.84 Å². The summed E-state index contributed by atoms with van der Waals surface area (Å²) < 4.78 is 22.6. The van der Waals surface area contributed by atoms with Crippen molar-refractivity contribution in [2.75, 3.05) is 7.05 Å². The van der Waals surface area contributed by atoms with Crippen LogP contribution in [0.1, 0.15) is 25.5 Å². The number of aryl methyl sites for hydroxylation is 1. The van der Waals surface area contributed by atoms with Gasteiger partial charge in [-0.1, -0.05) is 6.92 Å². The molecule has 2 aliphatic heterocycles. The van der Waals surface area contributed by atoms with E-state index in [2.05, 4.69) is 27.1 Å². The number of alkyl halides is 1. The molecule has 0 radical (unpaired) electrons. The number of rotatable bonds is 4. The van der Waals surface area contributed by atoms with Crippen molar-refractivity contribution in [2.45, 2.75) is 51.0 Å². The molecule has 2 fully saturated rings. The van der Waals surface area contributed by atoms with Gasteiger partial charge in [-0.05, 0) is 50.6 Å². The molecular formula is C23H26FN5O2. The van der Waals surface area contributed by atoms with Crippen LogP contribution in [0.15, 0.2) is 42.6 Å². The Morgan fingerprint density at radius 1 is 1.13 bits per heavy atom. The number of aromatic nitrogens is 4. The van der Waals surface area contributed by atoms with Crippen molar-refractivity contribution in [3.63, 3.8) is 0 Å². The number of nitrogens with zero attached hydrogens (tertiary/aromatic N) is 5. The molecule has 1 aromatic carbocycles. The minimum absolute atomic E-state index is 0.0818. The molecule has 31 heavy (non-hydrogen) atoms. The lowest BCUT2D eigenvalue weighted by atomic mass is 9.95. The van der Waals surface area contributed by atoms with Gasteiger partial charge in [0.1, 0.15) is 11.9 Å². The molecule has 0 saturated carbocycles. The minimum atomic E-state index is -1.05. The summed E-state index contributed by atoms with van der Waals surface area (Å²) in [4.78, 5) is 2.15. The average Bonchev–Trinajstić information content (AvgIpc) is 3.26. The molecule has 0 amide bonds. The second-order valence-electron chi connectivity index (χ2n) is 8.72. The smallest absolute Gasteiger partial charge is 0.233 e. The Morgan fingerprint density at radius 2 is 1.97 bits per heavy atom. The van der Waals surface area contributed by atoms with E-state index in [1.165, 1.54) is 0 Å². The van der Waals surface area contributed by atoms with Crippen LogP contribution in [0.4, 0.5) is 4.39 Å². The van der Waals surface area contributed by atoms with Crippen LogP contribution in [0.2, 0.25) is 0 Å². The molecule has 5 atom stereocenters. The summed E-state index contributed by atoms with van der Waals surface area (Å²) in [5.41, 5.74) is 2.72. The van der Waals surface area contributed by atoms with Gasteiger partial charge in [-0.25, -0.2) is 9.07 Å². The molecule has 162 valence electrons. The summed E-state index contributed by atoms with van der Waals surface area (Å²) in [5, 5.41) is 23.2. The number of hydrogen-bond acceptors (Lipinski definition) is 6. The average molecular weight is 423 g/mol. The van der Waals surface area contributed by atoms with Gasteiger partial charge >= 0.3 is 0 Å². The van der Waals surface area contributed by atoms with Crippen molar-refractivity contribution in [1.29, 1.82) is 0 Å². The normalized spacial score (nSPS) is 28.1. The lowest BCUT2D eigenvalue weighted by Crippen LogP contribution is -2.53. The topological polar surface area (TPSA) is 76.3 Å². The molecule has 2 bridgehead atoms. The lowest BCUT2D eigenvalue weighted by molar-refractivity contribution is -0.0197. The van der Waals surface area contributed by atoms with Crippen LogP contribution >= 0.6 is 0 Å². The van der Waals surface area contributed by atoms with Gasteiger partial charge in [0.25, 0.3) is 0 Å². The molecule has 7 nitrogen and oxygen atoms in total. The predicted molar refractivity (Wildman–Crippen MR) is 114 cm³/mol. The highest BCUT2D eigenvalue weighted by Crippen LogP contribution is 2.41. The standard InChI is InChI=1S/C23H26FN5O2/c1-13-10-16-12-20(22(24)23(13)28(16)3)31-21-7-6-18(25-26-21)17-5-4-15(11-19(17)30)29-9-8-14(2)27-29/h4-9,11,13,16,20,22-23,30H,10,12H2,1-3H3. The van der Waals surface area contributed by atoms with Gasteiger partial charge in [0.05, 0.1) is 17.1 Å². The Hall–Kier alpha value is -3.00. The Morgan fingerprint density at radius 3 is 2.65 bits per heavy atom. The molecule has 2 aliphatic rings. The number of aromatic hydroxyl groups is 1. The summed E-state index contributed by atoms with van der Waals surface area (Å²) in [6.45, 7) is 4.02. The SMILES string of the molecule is Cc1ccn(-c2ccc(-c3ccc(OC4CC5CC(C)C(C4F)N5C)nn3)c(O)c2)n1. The largest absolute Gasteiger partial charge is 0.507 e. The highest BCUT2D eigenvalue weighted by atomic mass is 19.1. The van der Waals surface area contributed by atoms with Gasteiger partial charge in [0.2, 0.25) is 5.88 Å². The number of halogens is 1. The number of phenols is 1. The van der Waals surface area contributed by atoms with Crippen molar-refractivity contribution < 1.29 is 14.2 Å². The molecule has 1 N–H and O–H groups in total. The van der Waals surface area contributed by atoms with Crippen molar-refractivity contribution in [3.8, 4) is 28.6 Å². The number of phenolic OH excluding ortho intramolecular Hbond substituents is 1. The summed E-state index contributed by atoms with van der Waals surface area (Å²) >= 11 is 0. The maximum absolute atomic E-state index is 15.0. The number of fused-ring (bicyclic) bond motifs is 2. The molecular weight excluding hydrogens is 397 g/mol. The zero-order valence-corrected chi connectivity index (χ0v) is 17.8. The molecule has 4 heterocycles. The van der Waals surface area contributed by atoms with Gasteiger partial charge in [0, 0.05) is 42.4 Å². The van der Waals surface area contributed by atoms with E-state index in [-0.39, 0.29) is 11.8 Å². The summed E-state index contributed by atoms with van der Waals surface area (Å²) in [6.07, 6.45) is 1.92. The van der Waals surface area contributed by atoms with Crippen LogP contribution in [-0.2, 0) is 0 Å². The van der Waals surface area contributed by atoms with E-state index < -0.39 is 12.3 Å². The fourth-order valence-electron chi connectivity index (χ4n) is 5.03. The zero-order chi connectivity index (χ0) is 21.7. The van der Waals surface area contributed by atoms with Crippen LogP contribution in [-0.4, -0.2) is 61.4 Å². The van der Waals surface area contributed by atoms with E-state index in [0.29, 0.717) is 35.5 Å². The first-order chi connectivity index (χ1) is 14.9. The van der Waals surface area contributed by atoms with Crippen LogP contribution in [0.25, 0.3) is 16.9 Å². The molecule has 2 saturated heterocycles. The fourth-order valence-corrected chi connectivity index (χ4v) is 5.03. The third-order valence-corrected chi connectivity index (χ3v) is 6.62. The molecule has 5 rings (SSSR count). The van der Waals surface area contributed by atoms with Crippen molar-refractivity contribution in [1.82, 2.24) is 24.9 Å². The molecule has 5 unspecified atom stereocenters. The van der Waals surface area contributed by atoms with E-state index in [0.717, 1.165) is 17.8 Å². The highest BCUT2D eigenvalue weighted by molar-refractivity contribution is 5.68. The monoisotopic (exact) mass is 423 g/mol. The maximum atomic E-state index is 15.0. The summed E-state index contributed by atoms with van der Waals surface area (Å²) in [7, 11) is 2.00. The van der Waals surface area contributed by atoms with Gasteiger partial charge in [-0.2, -0.15) is 5.10 Å². The molecule has 0 spiro atoms. The van der Waals surface area contributed by atoms with Gasteiger partial charge in [-0.3, -0.25) is 4.90 Å². The quantitative estimate of drug-likeness (QED) is 0.692. The first kappa shape index (κ1) is 19.9. The lowest BCUT2D eigenvalue weighted by Gasteiger charge is -2.39. The Bertz CT molecular complexity index is 1090. The maximum Gasteiger partial charge on any atom is 0.233 e. The van der Waals surface area contributed by atoms with Crippen molar-refractivity contribution in [2.24, 2.45) is 5.92 Å². The van der Waals surface area contributed by atoms with Gasteiger partial charge in [-0.15, -0.1) is 10.2 Å². The number of piperidine rings is 1. The third-order valence-electron chi connectivity index (χ3n) is 6.62. The van der Waals surface area contributed by atoms with E-state index >= 15 is 4.39 Å². The van der Waals surface area contributed by atoms with Gasteiger partial charge in [0.15, 0.2) is 6.17 Å². The van der Waals surface area contributed by atoms with Crippen molar-refractivity contribution in [3.05, 3.63) is 48.3 Å². The predicted octanol–water partition coefficient (Wildman–Crippen LogP) is 3.54. The minimum Gasteiger partial charge on any atom is -0.507 e. The fraction of sp³-hybridized carbons (Fsp3) is 0.435. The first-order valence-corrected chi connectivity index (χ1v) is 10.6. The number of ether oxygens (including phenoxy) is 1. The van der Waals surface area contributed by atoms with E-state index in [4.69, 9.17) is 4.74 Å². The first-order valence-electron chi connectivity index (χ1n) is 10.6. The Labute approximate surface area is 180 Å². The van der Waals surface area contributed by atoms with E-state index in [1.807, 2.05) is 32.3 Å². The molecule has 0 aliphatic carbocycles. The third kappa shape index (κ3) is 3.54. The zero-order valence-electron chi connectivity index (χ0n) is 17.8. The highest BCUT2D eigenvalue weighted by Gasteiger charge is 2.50. The molecule has 2 aromatic heterocycles. The van der Waals surface area contributed by atoms with Crippen LogP contribution in [0, 0.1) is 12.8 Å². The van der Waals surface area contributed by atoms with Crippen LogP contribution in [0.5, 0.6) is 11.6 Å². The van der Waals surface area contributed by atoms with Crippen LogP contribution in [0.3, 0.4) is 0 Å². The Balaban J connectivity index is 1.31. The van der Waals surface area contributed by atoms with E-state index in [9.17, 15) is 5.11 Å². The van der Waals surface area contributed by atoms with Crippen molar-refractivity contribution >= 4 is 0 Å². The second kappa shape index (κ2) is 7.60. The Kier molecular flexibility index (Phi) is 4.89. The summed E-state index contributed by atoms with van der Waals surface area (Å²) in [6, 6.07) is 10.8. The second-order valence-corrected chi connectivity index (χ2v) is 8.72. The molecule has 3 aromatic rings. The number of hydrogen-bond donors (Lipinski definition) is 1. The van der Waals surface area contributed by atoms with Crippen LogP contribution < -0.4 is 4.74 Å². The van der Waals surface area contributed by atoms with E-state index in [1.54, 1.807) is 28.9 Å². The molecule has 8 heteroatoms.